The van der Waals surface area contributed by atoms with Gasteiger partial charge in [-0.3, -0.25) is 14.5 Å². The van der Waals surface area contributed by atoms with Crippen molar-refractivity contribution in [2.24, 2.45) is 0 Å². The second-order valence-electron chi connectivity index (χ2n) is 3.80. The summed E-state index contributed by atoms with van der Waals surface area (Å²) in [5.41, 5.74) is -1.04. The Hall–Kier alpha value is -0.590. The summed E-state index contributed by atoms with van der Waals surface area (Å²) in [7, 11) is 0. The van der Waals surface area contributed by atoms with E-state index in [0.717, 1.165) is 4.90 Å². The van der Waals surface area contributed by atoms with E-state index in [1.54, 1.807) is 6.92 Å². The molecule has 5 nitrogen and oxygen atoms in total. The lowest BCUT2D eigenvalue weighted by Crippen LogP contribution is -2.53. The van der Waals surface area contributed by atoms with Gasteiger partial charge < -0.3 is 9.84 Å². The highest BCUT2D eigenvalue weighted by Gasteiger charge is 2.33. The Morgan fingerprint density at radius 2 is 2.00 bits per heavy atom. The summed E-state index contributed by atoms with van der Waals surface area (Å²) in [5.74, 6) is -0.287. The molecule has 0 saturated carbocycles. The molecule has 0 aromatic carbocycles. The summed E-state index contributed by atoms with van der Waals surface area (Å²) in [6, 6.07) is 0. The number of hydrogen-bond donors (Lipinski definition) is 1. The molecule has 0 spiro atoms. The van der Waals surface area contributed by atoms with Gasteiger partial charge in [-0.25, -0.2) is 0 Å². The zero-order chi connectivity index (χ0) is 11.5. The van der Waals surface area contributed by atoms with Crippen molar-refractivity contribution < 1.29 is 19.4 Å². The number of thioether (sulfide) groups is 1. The van der Waals surface area contributed by atoms with Gasteiger partial charge in [0.2, 0.25) is 0 Å². The van der Waals surface area contributed by atoms with Gasteiger partial charge in [0.15, 0.2) is 0 Å². The third-order valence-corrected chi connectivity index (χ3v) is 2.92. The van der Waals surface area contributed by atoms with Crippen molar-refractivity contribution in [2.45, 2.75) is 12.5 Å². The Kier molecular flexibility index (Phi) is 4.12. The summed E-state index contributed by atoms with van der Waals surface area (Å²) in [6.07, 6.45) is 1.86. The summed E-state index contributed by atoms with van der Waals surface area (Å²) in [5, 5.41) is 9.89. The van der Waals surface area contributed by atoms with E-state index >= 15 is 0 Å². The van der Waals surface area contributed by atoms with Crippen LogP contribution in [0.1, 0.15) is 6.92 Å². The van der Waals surface area contributed by atoms with Crippen LogP contribution >= 0.6 is 11.8 Å². The molecule has 1 atom stereocenters. The van der Waals surface area contributed by atoms with Gasteiger partial charge in [0.25, 0.3) is 11.8 Å². The van der Waals surface area contributed by atoms with Crippen LogP contribution in [0.5, 0.6) is 0 Å². The smallest absolute Gasteiger partial charge is 0.255 e. The van der Waals surface area contributed by atoms with E-state index in [1.165, 1.54) is 11.8 Å². The Morgan fingerprint density at radius 3 is 2.47 bits per heavy atom. The molecule has 1 unspecified atom stereocenters. The van der Waals surface area contributed by atoms with Crippen LogP contribution in [0, 0.1) is 0 Å². The van der Waals surface area contributed by atoms with E-state index in [9.17, 15) is 14.7 Å². The van der Waals surface area contributed by atoms with Crippen molar-refractivity contribution in [3.05, 3.63) is 0 Å². The Morgan fingerprint density at radius 1 is 1.47 bits per heavy atom. The van der Waals surface area contributed by atoms with Crippen molar-refractivity contribution >= 4 is 23.6 Å². The second kappa shape index (κ2) is 4.96. The van der Waals surface area contributed by atoms with Gasteiger partial charge in [-0.1, -0.05) is 0 Å². The summed E-state index contributed by atoms with van der Waals surface area (Å²) < 4.78 is 4.77. The van der Waals surface area contributed by atoms with Gasteiger partial charge in [0.05, 0.1) is 12.1 Å². The Labute approximate surface area is 92.8 Å². The standard InChI is InChI=1S/C9H15NO4S/c1-9(13,6-15-2)5-10-7(11)3-14-4-8(10)12/h13H,3-6H2,1-2H3. The predicted molar refractivity (Wildman–Crippen MR) is 56.5 cm³/mol. The molecule has 0 aromatic rings. The number of imide groups is 1. The first-order chi connectivity index (χ1) is 6.96. The molecule has 0 radical (unpaired) electrons. The van der Waals surface area contributed by atoms with Crippen LogP contribution in [0.3, 0.4) is 0 Å². The van der Waals surface area contributed by atoms with E-state index in [4.69, 9.17) is 4.74 Å². The lowest BCUT2D eigenvalue weighted by atomic mass is 10.1. The van der Waals surface area contributed by atoms with E-state index < -0.39 is 5.60 Å². The molecule has 1 heterocycles. The van der Waals surface area contributed by atoms with Crippen LogP contribution in [-0.2, 0) is 14.3 Å². The largest absolute Gasteiger partial charge is 0.387 e. The molecule has 2 amide bonds. The molecule has 15 heavy (non-hydrogen) atoms. The highest BCUT2D eigenvalue weighted by Crippen LogP contribution is 2.14. The van der Waals surface area contributed by atoms with E-state index in [1.807, 2.05) is 6.26 Å². The lowest BCUT2D eigenvalue weighted by molar-refractivity contribution is -0.161. The van der Waals surface area contributed by atoms with Crippen LogP contribution in [0.25, 0.3) is 0 Å². The average Bonchev–Trinajstić information content (AvgIpc) is 2.11. The number of ether oxygens (including phenoxy) is 1. The van der Waals surface area contributed by atoms with Crippen LogP contribution < -0.4 is 0 Å². The van der Waals surface area contributed by atoms with E-state index in [0.29, 0.717) is 5.75 Å². The maximum absolute atomic E-state index is 11.3. The molecule has 1 saturated heterocycles. The summed E-state index contributed by atoms with van der Waals surface area (Å²) in [6.45, 7) is 1.48. The monoisotopic (exact) mass is 233 g/mol. The predicted octanol–water partition coefficient (Wildman–Crippen LogP) is -0.514. The maximum Gasteiger partial charge on any atom is 0.255 e. The summed E-state index contributed by atoms with van der Waals surface area (Å²) in [4.78, 5) is 23.8. The first kappa shape index (κ1) is 12.5. The molecule has 6 heteroatoms. The topological polar surface area (TPSA) is 66.8 Å². The lowest BCUT2D eigenvalue weighted by Gasteiger charge is -2.31. The molecule has 1 N–H and O–H groups in total. The quantitative estimate of drug-likeness (QED) is 0.662. The Bertz CT molecular complexity index is 251. The molecule has 1 aliphatic heterocycles. The minimum absolute atomic E-state index is 0.0366. The van der Waals surface area contributed by atoms with Gasteiger partial charge in [0.1, 0.15) is 13.2 Å². The van der Waals surface area contributed by atoms with E-state index in [-0.39, 0.29) is 31.6 Å². The normalized spacial score (nSPS) is 21.7. The molecule has 1 aliphatic rings. The highest BCUT2D eigenvalue weighted by atomic mass is 32.2. The number of nitrogens with zero attached hydrogens (tertiary/aromatic N) is 1. The minimum atomic E-state index is -1.04. The molecule has 1 rings (SSSR count). The molecule has 0 aliphatic carbocycles. The van der Waals surface area contributed by atoms with Crippen molar-refractivity contribution in [3.63, 3.8) is 0 Å². The van der Waals surface area contributed by atoms with Gasteiger partial charge >= 0.3 is 0 Å². The average molecular weight is 233 g/mol. The molecule has 0 bridgehead atoms. The summed E-state index contributed by atoms with van der Waals surface area (Å²) >= 11 is 1.47. The first-order valence-corrected chi connectivity index (χ1v) is 5.98. The fourth-order valence-corrected chi connectivity index (χ4v) is 2.11. The SMILES string of the molecule is CSCC(C)(O)CN1C(=O)COCC1=O. The van der Waals surface area contributed by atoms with Gasteiger partial charge in [0, 0.05) is 5.75 Å². The third-order valence-electron chi connectivity index (χ3n) is 2.01. The van der Waals surface area contributed by atoms with Gasteiger partial charge in [-0.15, -0.1) is 0 Å². The van der Waals surface area contributed by atoms with Gasteiger partial charge in [-0.2, -0.15) is 11.8 Å². The molecular weight excluding hydrogens is 218 g/mol. The van der Waals surface area contributed by atoms with Crippen LogP contribution in [0.2, 0.25) is 0 Å². The number of carbonyl (C=O) groups excluding carboxylic acids is 2. The third kappa shape index (κ3) is 3.48. The van der Waals surface area contributed by atoms with Crippen LogP contribution in [0.4, 0.5) is 0 Å². The first-order valence-electron chi connectivity index (χ1n) is 4.58. The number of rotatable bonds is 4. The van der Waals surface area contributed by atoms with Crippen molar-refractivity contribution in [1.82, 2.24) is 4.90 Å². The fourth-order valence-electron chi connectivity index (χ4n) is 1.39. The molecule has 0 aromatic heterocycles. The molecular formula is C9H15NO4S. The van der Waals surface area contributed by atoms with Crippen LogP contribution in [0.15, 0.2) is 0 Å². The highest BCUT2D eigenvalue weighted by molar-refractivity contribution is 7.98. The minimum Gasteiger partial charge on any atom is -0.387 e. The molecule has 86 valence electrons. The number of aliphatic hydroxyl groups is 1. The number of hydrogen-bond acceptors (Lipinski definition) is 5. The van der Waals surface area contributed by atoms with Gasteiger partial charge in [-0.05, 0) is 13.2 Å². The second-order valence-corrected chi connectivity index (χ2v) is 4.66. The van der Waals surface area contributed by atoms with Crippen molar-refractivity contribution in [3.8, 4) is 0 Å². The number of morpholine rings is 1. The van der Waals surface area contributed by atoms with Crippen molar-refractivity contribution in [1.29, 1.82) is 0 Å². The number of carbonyl (C=O) groups is 2. The van der Waals surface area contributed by atoms with E-state index in [2.05, 4.69) is 0 Å². The van der Waals surface area contributed by atoms with Crippen molar-refractivity contribution in [2.75, 3.05) is 31.8 Å². The molecule has 1 fully saturated rings. The fraction of sp³-hybridized carbons (Fsp3) is 0.778. The number of β-amino-alcohol motifs (C(OH)–C–C–N with tert-alkyl or cyclic N) is 1. The number of amides is 2. The maximum atomic E-state index is 11.3. The zero-order valence-electron chi connectivity index (χ0n) is 8.86. The zero-order valence-corrected chi connectivity index (χ0v) is 9.67. The van der Waals surface area contributed by atoms with Crippen LogP contribution in [-0.4, -0.2) is 59.2 Å². The Balaban J connectivity index is 2.62.